The first-order valence-corrected chi connectivity index (χ1v) is 7.73. The summed E-state index contributed by atoms with van der Waals surface area (Å²) in [5.74, 6) is -0.542. The van der Waals surface area contributed by atoms with E-state index in [2.05, 4.69) is 15.8 Å². The van der Waals surface area contributed by atoms with Crippen molar-refractivity contribution in [1.82, 2.24) is 5.32 Å². The van der Waals surface area contributed by atoms with Crippen molar-refractivity contribution in [1.29, 1.82) is 10.7 Å². The van der Waals surface area contributed by atoms with E-state index >= 15 is 0 Å². The van der Waals surface area contributed by atoms with Crippen LogP contribution in [0.2, 0.25) is 0 Å². The molecule has 23 heavy (non-hydrogen) atoms. The van der Waals surface area contributed by atoms with Gasteiger partial charge in [-0.1, -0.05) is 6.07 Å². The third-order valence-corrected chi connectivity index (χ3v) is 3.54. The number of amidine groups is 1. The molecule has 0 atom stereocenters. The zero-order chi connectivity index (χ0) is 17.5. The van der Waals surface area contributed by atoms with Gasteiger partial charge < -0.3 is 16.2 Å². The maximum absolute atomic E-state index is 11.4. The van der Waals surface area contributed by atoms with Crippen LogP contribution >= 0.6 is 0 Å². The minimum atomic E-state index is -4.48. The number of aliphatic hydroxyl groups is 1. The molecule has 0 aliphatic heterocycles. The van der Waals surface area contributed by atoms with Crippen LogP contribution < -0.4 is 16.5 Å². The van der Waals surface area contributed by atoms with Crippen LogP contribution in [0, 0.1) is 16.7 Å². The van der Waals surface area contributed by atoms with Crippen molar-refractivity contribution in [3.05, 3.63) is 23.8 Å². The number of hydrazone groups is 1. The smallest absolute Gasteiger partial charge is 0.294 e. The lowest BCUT2D eigenvalue weighted by Gasteiger charge is -2.10. The Balaban J connectivity index is 3.10. The Morgan fingerprint density at radius 2 is 2.17 bits per heavy atom. The molecule has 0 bridgehead atoms. The first-order valence-electron chi connectivity index (χ1n) is 6.29. The Kier molecular flexibility index (Phi) is 6.61. The van der Waals surface area contributed by atoms with Gasteiger partial charge in [0.2, 0.25) is 5.71 Å². The van der Waals surface area contributed by atoms with Gasteiger partial charge in [0.25, 0.3) is 10.1 Å². The van der Waals surface area contributed by atoms with E-state index in [1.807, 2.05) is 0 Å². The molecule has 1 aromatic carbocycles. The summed E-state index contributed by atoms with van der Waals surface area (Å²) in [4.78, 5) is -0.343. The molecular formula is C12H16N6O4S. The molecule has 124 valence electrons. The second kappa shape index (κ2) is 8.20. The van der Waals surface area contributed by atoms with E-state index in [4.69, 9.17) is 21.5 Å². The third kappa shape index (κ3) is 5.64. The highest BCUT2D eigenvalue weighted by Crippen LogP contribution is 2.21. The van der Waals surface area contributed by atoms with Gasteiger partial charge in [0.05, 0.1) is 12.3 Å². The average molecular weight is 340 g/mol. The summed E-state index contributed by atoms with van der Waals surface area (Å²) in [6.45, 7) is 0.271. The van der Waals surface area contributed by atoms with Crippen molar-refractivity contribution in [3.8, 4) is 6.07 Å². The molecule has 0 radical (unpaired) electrons. The first kappa shape index (κ1) is 18.5. The third-order valence-electron chi connectivity index (χ3n) is 2.61. The van der Waals surface area contributed by atoms with E-state index in [9.17, 15) is 13.0 Å². The van der Waals surface area contributed by atoms with Crippen LogP contribution in [0.1, 0.15) is 5.56 Å². The fraction of sp³-hybridized carbons (Fsp3) is 0.250. The lowest BCUT2D eigenvalue weighted by atomic mass is 10.2. The number of benzene rings is 1. The second-order valence-electron chi connectivity index (χ2n) is 4.30. The number of nitrogens with two attached hydrogens (primary N) is 1. The number of aliphatic hydroxyl groups excluding tert-OH is 1. The topological polar surface area (TPSA) is 185 Å². The molecule has 0 spiro atoms. The standard InChI is InChI=1S/C12H16N6O4S/c13-6-10(12(14)15)18-17-9-2-1-8(7-16-3-4-19)11(5-9)23(20,21)22/h1-2,5,16-17,19H,3-4,7H2,(H3,14,15)(H,20,21,22)/b18-10+. The SMILES string of the molecule is N#C/C(=N\Nc1ccc(CNCCO)c(S(=O)(=O)O)c1)C(=N)N. The lowest BCUT2D eigenvalue weighted by Crippen LogP contribution is -2.22. The molecule has 11 heteroatoms. The van der Waals surface area contributed by atoms with Gasteiger partial charge in [0, 0.05) is 13.1 Å². The van der Waals surface area contributed by atoms with E-state index in [0.29, 0.717) is 5.56 Å². The van der Waals surface area contributed by atoms with Crippen molar-refractivity contribution >= 4 is 27.4 Å². The van der Waals surface area contributed by atoms with Gasteiger partial charge in [-0.25, -0.2) is 0 Å². The van der Waals surface area contributed by atoms with Crippen LogP contribution in [0.5, 0.6) is 0 Å². The Morgan fingerprint density at radius 3 is 2.70 bits per heavy atom. The van der Waals surface area contributed by atoms with Crippen molar-refractivity contribution < 1.29 is 18.1 Å². The Hall–Kier alpha value is -2.52. The number of nitrogens with one attached hydrogen (secondary N) is 3. The van der Waals surface area contributed by atoms with Gasteiger partial charge in [0.15, 0.2) is 5.84 Å². The summed E-state index contributed by atoms with van der Waals surface area (Å²) in [6.07, 6.45) is 0. The van der Waals surface area contributed by atoms with E-state index in [1.165, 1.54) is 12.1 Å². The predicted octanol–water partition coefficient (Wildman–Crippen LogP) is -0.757. The molecule has 10 nitrogen and oxygen atoms in total. The molecule has 7 N–H and O–H groups in total. The van der Waals surface area contributed by atoms with E-state index in [0.717, 1.165) is 6.07 Å². The zero-order valence-corrected chi connectivity index (χ0v) is 12.8. The Morgan fingerprint density at radius 1 is 1.48 bits per heavy atom. The molecule has 0 saturated heterocycles. The van der Waals surface area contributed by atoms with Gasteiger partial charge in [-0.05, 0) is 17.7 Å². The summed E-state index contributed by atoms with van der Waals surface area (Å²) < 4.78 is 32.2. The number of anilines is 1. The molecular weight excluding hydrogens is 324 g/mol. The molecule has 0 aliphatic rings. The lowest BCUT2D eigenvalue weighted by molar-refractivity contribution is 0.292. The van der Waals surface area contributed by atoms with Crippen molar-refractivity contribution in [2.75, 3.05) is 18.6 Å². The van der Waals surface area contributed by atoms with Crippen LogP contribution in [-0.4, -0.2) is 42.8 Å². The molecule has 0 amide bonds. The second-order valence-corrected chi connectivity index (χ2v) is 5.69. The van der Waals surface area contributed by atoms with E-state index in [-0.39, 0.29) is 36.0 Å². The van der Waals surface area contributed by atoms with Gasteiger partial charge in [0.1, 0.15) is 11.0 Å². The molecule has 1 aromatic rings. The molecule has 0 fully saturated rings. The first-order chi connectivity index (χ1) is 10.8. The van der Waals surface area contributed by atoms with Crippen LogP contribution in [0.15, 0.2) is 28.2 Å². The highest BCUT2D eigenvalue weighted by Gasteiger charge is 2.16. The van der Waals surface area contributed by atoms with Crippen LogP contribution in [0.25, 0.3) is 0 Å². The summed E-state index contributed by atoms with van der Waals surface area (Å²) in [7, 11) is -4.48. The fourth-order valence-electron chi connectivity index (χ4n) is 1.58. The van der Waals surface area contributed by atoms with Crippen molar-refractivity contribution in [2.45, 2.75) is 11.4 Å². The maximum Gasteiger partial charge on any atom is 0.294 e. The minimum absolute atomic E-state index is 0.114. The molecule has 0 aliphatic carbocycles. The minimum Gasteiger partial charge on any atom is -0.395 e. The number of hydrogen-bond donors (Lipinski definition) is 6. The molecule has 0 unspecified atom stereocenters. The normalized spacial score (nSPS) is 11.8. The molecule has 0 heterocycles. The highest BCUT2D eigenvalue weighted by atomic mass is 32.2. The molecule has 0 aromatic heterocycles. The number of rotatable bonds is 8. The summed E-state index contributed by atoms with van der Waals surface area (Å²) >= 11 is 0. The largest absolute Gasteiger partial charge is 0.395 e. The number of nitrogens with zero attached hydrogens (tertiary/aromatic N) is 2. The predicted molar refractivity (Wildman–Crippen MR) is 83.6 cm³/mol. The quantitative estimate of drug-likeness (QED) is 0.117. The Labute approximate surface area is 132 Å². The average Bonchev–Trinajstić information content (AvgIpc) is 2.47. The van der Waals surface area contributed by atoms with Gasteiger partial charge in [-0.3, -0.25) is 15.4 Å². The number of nitriles is 1. The van der Waals surface area contributed by atoms with Crippen LogP contribution in [0.3, 0.4) is 0 Å². The number of hydrogen-bond acceptors (Lipinski definition) is 8. The van der Waals surface area contributed by atoms with E-state index in [1.54, 1.807) is 6.07 Å². The highest BCUT2D eigenvalue weighted by molar-refractivity contribution is 7.85. The van der Waals surface area contributed by atoms with Gasteiger partial charge in [-0.2, -0.15) is 18.8 Å². The fourth-order valence-corrected chi connectivity index (χ4v) is 2.33. The van der Waals surface area contributed by atoms with E-state index < -0.39 is 16.0 Å². The van der Waals surface area contributed by atoms with Crippen molar-refractivity contribution in [2.24, 2.45) is 10.8 Å². The van der Waals surface area contributed by atoms with Crippen LogP contribution in [0.4, 0.5) is 5.69 Å². The summed E-state index contributed by atoms with van der Waals surface area (Å²) in [5.41, 5.74) is 7.62. The van der Waals surface area contributed by atoms with Gasteiger partial charge in [-0.15, -0.1) is 0 Å². The Bertz CT molecular complexity index is 753. The molecule has 1 rings (SSSR count). The zero-order valence-electron chi connectivity index (χ0n) is 11.9. The van der Waals surface area contributed by atoms with Crippen molar-refractivity contribution in [3.63, 3.8) is 0 Å². The summed E-state index contributed by atoms with van der Waals surface area (Å²) in [5, 5.41) is 30.9. The maximum atomic E-state index is 11.4. The van der Waals surface area contributed by atoms with Gasteiger partial charge >= 0.3 is 0 Å². The summed E-state index contributed by atoms with van der Waals surface area (Å²) in [6, 6.07) is 5.64. The monoisotopic (exact) mass is 340 g/mol. The van der Waals surface area contributed by atoms with Crippen LogP contribution in [-0.2, 0) is 16.7 Å². The molecule has 0 saturated carbocycles.